The fourth-order valence-electron chi connectivity index (χ4n) is 0.148. The van der Waals surface area contributed by atoms with Crippen LogP contribution in [0.1, 0.15) is 0 Å². The van der Waals surface area contributed by atoms with Crippen molar-refractivity contribution in [2.45, 2.75) is 0 Å². The van der Waals surface area contributed by atoms with Crippen molar-refractivity contribution in [2.75, 3.05) is 0 Å². The van der Waals surface area contributed by atoms with Crippen LogP contribution in [0, 0.1) is 5.92 Å². The van der Waals surface area contributed by atoms with Gasteiger partial charge in [0.1, 0.15) is 12.6 Å². The number of rotatable bonds is 3. The molecule has 0 aliphatic heterocycles. The predicted octanol–water partition coefficient (Wildman–Crippen LogP) is -0.918. The molecule has 0 saturated carbocycles. The Kier molecular flexibility index (Phi) is 6.97. The normalized spacial score (nSPS) is 7.67. The number of hydrogen-bond donors (Lipinski definition) is 1. The summed E-state index contributed by atoms with van der Waals surface area (Å²) in [7, 11) is 0. The van der Waals surface area contributed by atoms with Gasteiger partial charge in [-0.15, -0.1) is 0 Å². The van der Waals surface area contributed by atoms with Gasteiger partial charge in [-0.2, -0.15) is 0 Å². The topological polar surface area (TPSA) is 71.4 Å². The number of carboxylic acids is 1. The van der Waals surface area contributed by atoms with E-state index in [0.29, 0.717) is 0 Å². The third-order valence-electron chi connectivity index (χ3n) is 0.578. The third-order valence-corrected chi connectivity index (χ3v) is 0.578. The van der Waals surface area contributed by atoms with Crippen LogP contribution in [0.15, 0.2) is 0 Å². The Morgan fingerprint density at radius 3 is 1.67 bits per heavy atom. The molecule has 0 atom stereocenters. The molecule has 0 radical (unpaired) electrons. The minimum atomic E-state index is -1.49. The van der Waals surface area contributed by atoms with Crippen LogP contribution in [-0.4, -0.2) is 23.6 Å². The van der Waals surface area contributed by atoms with E-state index in [0.717, 1.165) is 0 Å². The molecule has 0 saturated heterocycles. The summed E-state index contributed by atoms with van der Waals surface area (Å²) < 4.78 is 0. The van der Waals surface area contributed by atoms with Crippen LogP contribution in [-0.2, 0) is 33.9 Å². The monoisotopic (exact) mass is 218 g/mol. The molecule has 52 valence electrons. The molecule has 0 rings (SSSR count). The summed E-state index contributed by atoms with van der Waals surface area (Å²) in [4.78, 5) is 28.8. The molecule has 1 N–H and O–H groups in total. The molecule has 4 nitrogen and oxygen atoms in total. The SMILES string of the molecule is O=CC(C=O)C(=O)O.[Ru]. The van der Waals surface area contributed by atoms with Crippen molar-refractivity contribution >= 4 is 18.5 Å². The van der Waals surface area contributed by atoms with Gasteiger partial charge in [0.25, 0.3) is 0 Å². The molecule has 0 aliphatic rings. The molecule has 0 aliphatic carbocycles. The maximum atomic E-state index is 9.70. The summed E-state index contributed by atoms with van der Waals surface area (Å²) in [6, 6.07) is 0. The van der Waals surface area contributed by atoms with E-state index in [1.54, 1.807) is 0 Å². The quantitative estimate of drug-likeness (QED) is 0.377. The first kappa shape index (κ1) is 11.3. The minimum absolute atomic E-state index is 0. The second kappa shape index (κ2) is 5.57. The molecular formula is C4H4O4Ru. The molecule has 0 aromatic carbocycles. The molecular weight excluding hydrogens is 213 g/mol. The third kappa shape index (κ3) is 3.97. The number of hydrogen-bond acceptors (Lipinski definition) is 3. The standard InChI is InChI=1S/C4H4O4.Ru/c5-1-3(2-6)4(7)8;/h1-3H,(H,7,8);. The molecule has 0 amide bonds. The van der Waals surface area contributed by atoms with E-state index in [4.69, 9.17) is 5.11 Å². The van der Waals surface area contributed by atoms with Crippen LogP contribution in [0.2, 0.25) is 0 Å². The van der Waals surface area contributed by atoms with E-state index in [2.05, 4.69) is 0 Å². The number of aliphatic carboxylic acids is 1. The maximum Gasteiger partial charge on any atom is 0.321 e. The van der Waals surface area contributed by atoms with Gasteiger partial charge in [-0.25, -0.2) is 0 Å². The fourth-order valence-corrected chi connectivity index (χ4v) is 0.148. The number of carbonyl (C=O) groups excluding carboxylic acids is 2. The molecule has 0 heterocycles. The van der Waals surface area contributed by atoms with Crippen LogP contribution >= 0.6 is 0 Å². The minimum Gasteiger partial charge on any atom is -0.480 e. The zero-order valence-corrected chi connectivity index (χ0v) is 6.00. The van der Waals surface area contributed by atoms with Gasteiger partial charge in [0, 0.05) is 19.5 Å². The Bertz CT molecular complexity index is 114. The van der Waals surface area contributed by atoms with Crippen molar-refractivity contribution in [1.29, 1.82) is 0 Å². The van der Waals surface area contributed by atoms with Crippen molar-refractivity contribution < 1.29 is 39.0 Å². The van der Waals surface area contributed by atoms with E-state index in [1.807, 2.05) is 0 Å². The Hall–Kier alpha value is -0.567. The van der Waals surface area contributed by atoms with E-state index in [1.165, 1.54) is 0 Å². The summed E-state index contributed by atoms with van der Waals surface area (Å²) in [6.45, 7) is 0. The number of carbonyl (C=O) groups is 3. The van der Waals surface area contributed by atoms with Crippen LogP contribution in [0.3, 0.4) is 0 Å². The average Bonchev–Trinajstić information content (AvgIpc) is 1.69. The second-order valence-electron chi connectivity index (χ2n) is 1.14. The van der Waals surface area contributed by atoms with Gasteiger partial charge in [0.15, 0.2) is 5.92 Å². The van der Waals surface area contributed by atoms with Gasteiger partial charge in [0.05, 0.1) is 0 Å². The first-order valence-electron chi connectivity index (χ1n) is 1.85. The van der Waals surface area contributed by atoms with Crippen LogP contribution in [0.4, 0.5) is 0 Å². The Morgan fingerprint density at radius 1 is 1.33 bits per heavy atom. The van der Waals surface area contributed by atoms with Crippen molar-refractivity contribution in [2.24, 2.45) is 5.92 Å². The zero-order chi connectivity index (χ0) is 6.57. The van der Waals surface area contributed by atoms with Crippen LogP contribution < -0.4 is 0 Å². The molecule has 0 aromatic heterocycles. The summed E-state index contributed by atoms with van der Waals surface area (Å²) >= 11 is 0. The average molecular weight is 217 g/mol. The largest absolute Gasteiger partial charge is 0.480 e. The number of aldehydes is 2. The van der Waals surface area contributed by atoms with Crippen molar-refractivity contribution in [3.05, 3.63) is 0 Å². The van der Waals surface area contributed by atoms with Gasteiger partial charge in [-0.3, -0.25) is 4.79 Å². The Balaban J connectivity index is 0. The van der Waals surface area contributed by atoms with Crippen molar-refractivity contribution in [3.63, 3.8) is 0 Å². The summed E-state index contributed by atoms with van der Waals surface area (Å²) in [5, 5.41) is 7.91. The smallest absolute Gasteiger partial charge is 0.321 e. The Morgan fingerprint density at radius 2 is 1.67 bits per heavy atom. The molecule has 0 fully saturated rings. The molecule has 0 unspecified atom stereocenters. The second-order valence-corrected chi connectivity index (χ2v) is 1.14. The van der Waals surface area contributed by atoms with E-state index < -0.39 is 11.9 Å². The zero-order valence-electron chi connectivity index (χ0n) is 4.26. The molecule has 9 heavy (non-hydrogen) atoms. The first-order valence-corrected chi connectivity index (χ1v) is 1.85. The summed E-state index contributed by atoms with van der Waals surface area (Å²) in [5.41, 5.74) is 0. The van der Waals surface area contributed by atoms with Crippen LogP contribution in [0.25, 0.3) is 0 Å². The summed E-state index contributed by atoms with van der Waals surface area (Å²) in [6.07, 6.45) is 0.157. The first-order chi connectivity index (χ1) is 3.72. The molecule has 0 aromatic rings. The predicted molar refractivity (Wildman–Crippen MR) is 23.3 cm³/mol. The number of carboxylic acid groups (broad SMARTS) is 1. The summed E-state index contributed by atoms with van der Waals surface area (Å²) in [5.74, 6) is -2.90. The molecule has 0 spiro atoms. The van der Waals surface area contributed by atoms with Gasteiger partial charge >= 0.3 is 5.97 Å². The molecule has 0 bridgehead atoms. The van der Waals surface area contributed by atoms with Crippen molar-refractivity contribution in [1.82, 2.24) is 0 Å². The van der Waals surface area contributed by atoms with E-state index >= 15 is 0 Å². The van der Waals surface area contributed by atoms with E-state index in [9.17, 15) is 14.4 Å². The fraction of sp³-hybridized carbons (Fsp3) is 0.250. The van der Waals surface area contributed by atoms with E-state index in [-0.39, 0.29) is 32.1 Å². The van der Waals surface area contributed by atoms with Gasteiger partial charge < -0.3 is 14.7 Å². The van der Waals surface area contributed by atoms with Gasteiger partial charge in [-0.05, 0) is 0 Å². The van der Waals surface area contributed by atoms with Crippen molar-refractivity contribution in [3.8, 4) is 0 Å². The van der Waals surface area contributed by atoms with Gasteiger partial charge in [-0.1, -0.05) is 0 Å². The molecule has 5 heteroatoms. The maximum absolute atomic E-state index is 9.70. The van der Waals surface area contributed by atoms with Crippen LogP contribution in [0.5, 0.6) is 0 Å². The van der Waals surface area contributed by atoms with Gasteiger partial charge in [0.2, 0.25) is 0 Å². The Labute approximate surface area is 64.0 Å².